The van der Waals surface area contributed by atoms with Gasteiger partial charge in [0, 0.05) is 23.6 Å². The number of aliphatic carboxylic acids is 1. The highest BCUT2D eigenvalue weighted by Crippen LogP contribution is 2.49. The Labute approximate surface area is 210 Å². The van der Waals surface area contributed by atoms with Crippen molar-refractivity contribution in [2.45, 2.75) is 50.9 Å². The number of halogens is 1. The topological polar surface area (TPSA) is 79.3 Å². The van der Waals surface area contributed by atoms with Gasteiger partial charge in [0.15, 0.2) is 0 Å². The van der Waals surface area contributed by atoms with Gasteiger partial charge in [0.05, 0.1) is 16.9 Å². The van der Waals surface area contributed by atoms with E-state index in [1.165, 1.54) is 0 Å². The van der Waals surface area contributed by atoms with Crippen molar-refractivity contribution in [3.63, 3.8) is 0 Å². The summed E-state index contributed by atoms with van der Waals surface area (Å²) < 4.78 is 0. The van der Waals surface area contributed by atoms with Gasteiger partial charge in [0.25, 0.3) is 0 Å². The summed E-state index contributed by atoms with van der Waals surface area (Å²) in [5.74, 6) is -0.971. The Morgan fingerprint density at radius 2 is 1.80 bits per heavy atom. The summed E-state index contributed by atoms with van der Waals surface area (Å²) in [6.45, 7) is 1.97. The molecule has 2 saturated carbocycles. The molecule has 0 radical (unpaired) electrons. The lowest BCUT2D eigenvalue weighted by atomic mass is 9.83. The fourth-order valence-electron chi connectivity index (χ4n) is 5.59. The number of benzene rings is 2. The van der Waals surface area contributed by atoms with Crippen molar-refractivity contribution >= 4 is 29.2 Å². The number of carboxylic acid groups (broad SMARTS) is 1. The zero-order chi connectivity index (χ0) is 24.5. The van der Waals surface area contributed by atoms with E-state index in [4.69, 9.17) is 11.6 Å². The van der Waals surface area contributed by atoms with Crippen molar-refractivity contribution in [1.29, 1.82) is 0 Å². The van der Waals surface area contributed by atoms with Crippen molar-refractivity contribution in [1.82, 2.24) is 4.98 Å². The van der Waals surface area contributed by atoms with E-state index in [0.29, 0.717) is 17.4 Å². The van der Waals surface area contributed by atoms with Crippen LogP contribution in [0.15, 0.2) is 60.9 Å². The molecule has 180 valence electrons. The van der Waals surface area contributed by atoms with E-state index in [9.17, 15) is 14.7 Å². The van der Waals surface area contributed by atoms with Crippen LogP contribution in [0.4, 0.5) is 5.69 Å². The minimum Gasteiger partial charge on any atom is -0.481 e. The third kappa shape index (κ3) is 4.96. The van der Waals surface area contributed by atoms with E-state index in [1.807, 2.05) is 55.5 Å². The molecule has 2 fully saturated rings. The van der Waals surface area contributed by atoms with Crippen LogP contribution in [0.25, 0.3) is 11.1 Å². The molecule has 35 heavy (non-hydrogen) atoms. The number of carboxylic acids is 1. The van der Waals surface area contributed by atoms with Gasteiger partial charge in [-0.25, -0.2) is 0 Å². The quantitative estimate of drug-likeness (QED) is 0.382. The number of aromatic nitrogens is 1. The number of hydrogen-bond acceptors (Lipinski definition) is 3. The molecule has 2 aromatic carbocycles. The Balaban J connectivity index is 1.39. The van der Waals surface area contributed by atoms with Crippen molar-refractivity contribution < 1.29 is 14.7 Å². The summed E-state index contributed by atoms with van der Waals surface area (Å²) in [4.78, 5) is 29.2. The fraction of sp³-hybridized carbons (Fsp3) is 0.345. The highest BCUT2D eigenvalue weighted by atomic mass is 35.5. The summed E-state index contributed by atoms with van der Waals surface area (Å²) >= 11 is 6.11. The van der Waals surface area contributed by atoms with E-state index in [-0.39, 0.29) is 23.7 Å². The highest BCUT2D eigenvalue weighted by molar-refractivity contribution is 6.30. The number of pyridine rings is 1. The number of nitrogens with zero attached hydrogens (tertiary/aromatic N) is 1. The van der Waals surface area contributed by atoms with Gasteiger partial charge in [0.2, 0.25) is 5.91 Å². The van der Waals surface area contributed by atoms with Crippen LogP contribution in [-0.4, -0.2) is 22.0 Å². The molecule has 0 saturated heterocycles. The molecule has 0 aliphatic heterocycles. The lowest BCUT2D eigenvalue weighted by molar-refractivity contribution is -0.138. The number of hydrogen-bond donors (Lipinski definition) is 2. The lowest BCUT2D eigenvalue weighted by Crippen LogP contribution is -2.27. The van der Waals surface area contributed by atoms with Crippen LogP contribution in [0.5, 0.6) is 0 Å². The van der Waals surface area contributed by atoms with E-state index in [1.54, 1.807) is 12.4 Å². The van der Waals surface area contributed by atoms with Crippen molar-refractivity contribution in [3.05, 3.63) is 82.6 Å². The highest BCUT2D eigenvalue weighted by Gasteiger charge is 2.45. The molecule has 0 bridgehead atoms. The third-order valence-electron chi connectivity index (χ3n) is 7.60. The first kappa shape index (κ1) is 23.6. The van der Waals surface area contributed by atoms with Crippen LogP contribution in [0.1, 0.15) is 60.6 Å². The van der Waals surface area contributed by atoms with Crippen LogP contribution < -0.4 is 5.32 Å². The van der Waals surface area contributed by atoms with Crippen LogP contribution in [0.2, 0.25) is 5.02 Å². The molecule has 0 spiro atoms. The van der Waals surface area contributed by atoms with Gasteiger partial charge < -0.3 is 10.4 Å². The third-order valence-corrected chi connectivity index (χ3v) is 7.81. The van der Waals surface area contributed by atoms with Gasteiger partial charge in [-0.3, -0.25) is 14.6 Å². The molecular weight excluding hydrogens is 460 g/mol. The number of anilines is 1. The second kappa shape index (κ2) is 9.82. The summed E-state index contributed by atoms with van der Waals surface area (Å²) in [5.41, 5.74) is 5.72. The van der Waals surface area contributed by atoms with Crippen LogP contribution in [0.3, 0.4) is 0 Å². The monoisotopic (exact) mass is 488 g/mol. The minimum atomic E-state index is -0.748. The average molecular weight is 489 g/mol. The molecule has 5 nitrogen and oxygen atoms in total. The number of carbonyl (C=O) groups is 2. The fourth-order valence-corrected chi connectivity index (χ4v) is 5.77. The van der Waals surface area contributed by atoms with E-state index in [0.717, 1.165) is 59.2 Å². The standard InChI is InChI=1S/C29H29ClN2O3/c1-17-23(24-14-25(24)29(34)35)7-4-8-26(17)32-28(33)27(19-5-2-3-6-19)20-11-9-18(10-12-20)21-13-22(30)16-31-15-21/h4,7-13,15-16,19,24-25,27H,2-3,5-6,14H2,1H3,(H,32,33)(H,34,35). The smallest absolute Gasteiger partial charge is 0.307 e. The van der Waals surface area contributed by atoms with Crippen LogP contribution in [0, 0.1) is 18.8 Å². The zero-order valence-electron chi connectivity index (χ0n) is 19.7. The van der Waals surface area contributed by atoms with E-state index in [2.05, 4.69) is 10.3 Å². The van der Waals surface area contributed by atoms with Crippen molar-refractivity contribution in [3.8, 4) is 11.1 Å². The normalized spacial score (nSPS) is 20.4. The molecule has 2 aliphatic carbocycles. The van der Waals surface area contributed by atoms with Gasteiger partial charge in [0.1, 0.15) is 0 Å². The maximum atomic E-state index is 13.7. The lowest BCUT2D eigenvalue weighted by Gasteiger charge is -2.24. The summed E-state index contributed by atoms with van der Waals surface area (Å²) in [5, 5.41) is 13.1. The Hall–Kier alpha value is -3.18. The number of amides is 1. The van der Waals surface area contributed by atoms with Crippen molar-refractivity contribution in [2.24, 2.45) is 11.8 Å². The Bertz CT molecular complexity index is 1250. The molecule has 6 heteroatoms. The molecule has 3 aromatic rings. The summed E-state index contributed by atoms with van der Waals surface area (Å²) in [6, 6.07) is 15.8. The summed E-state index contributed by atoms with van der Waals surface area (Å²) in [7, 11) is 0. The Kier molecular flexibility index (Phi) is 6.61. The SMILES string of the molecule is Cc1c(NC(=O)C(c2ccc(-c3cncc(Cl)c3)cc2)C2CCCC2)cccc1C1CC1C(=O)O. The molecule has 3 unspecified atom stereocenters. The molecule has 2 N–H and O–H groups in total. The molecular formula is C29H29ClN2O3. The van der Waals surface area contributed by atoms with E-state index >= 15 is 0 Å². The summed E-state index contributed by atoms with van der Waals surface area (Å²) in [6.07, 6.45) is 8.43. The van der Waals surface area contributed by atoms with Gasteiger partial charge in [-0.05, 0) is 72.4 Å². The predicted molar refractivity (Wildman–Crippen MR) is 138 cm³/mol. The Morgan fingerprint density at radius 3 is 2.46 bits per heavy atom. The second-order valence-electron chi connectivity index (χ2n) is 9.83. The van der Waals surface area contributed by atoms with Gasteiger partial charge in [-0.1, -0.05) is 60.8 Å². The molecule has 3 atom stereocenters. The van der Waals surface area contributed by atoms with Crippen LogP contribution >= 0.6 is 11.6 Å². The van der Waals surface area contributed by atoms with Gasteiger partial charge in [-0.15, -0.1) is 0 Å². The van der Waals surface area contributed by atoms with Gasteiger partial charge >= 0.3 is 5.97 Å². The van der Waals surface area contributed by atoms with E-state index < -0.39 is 5.97 Å². The maximum absolute atomic E-state index is 13.7. The molecule has 5 rings (SSSR count). The Morgan fingerprint density at radius 1 is 1.06 bits per heavy atom. The second-order valence-corrected chi connectivity index (χ2v) is 10.3. The van der Waals surface area contributed by atoms with Crippen molar-refractivity contribution in [2.75, 3.05) is 5.32 Å². The predicted octanol–water partition coefficient (Wildman–Crippen LogP) is 6.81. The average Bonchev–Trinajstić information content (AvgIpc) is 3.48. The van der Waals surface area contributed by atoms with Crippen LogP contribution in [-0.2, 0) is 9.59 Å². The number of carbonyl (C=O) groups excluding carboxylic acids is 1. The molecule has 1 heterocycles. The molecule has 2 aliphatic rings. The largest absolute Gasteiger partial charge is 0.481 e. The molecule has 1 amide bonds. The minimum absolute atomic E-state index is 0.0000891. The first-order valence-electron chi connectivity index (χ1n) is 12.3. The zero-order valence-corrected chi connectivity index (χ0v) is 20.5. The van der Waals surface area contributed by atoms with Gasteiger partial charge in [-0.2, -0.15) is 0 Å². The molecule has 1 aromatic heterocycles. The first-order chi connectivity index (χ1) is 16.9. The number of rotatable bonds is 7. The first-order valence-corrected chi connectivity index (χ1v) is 12.6. The maximum Gasteiger partial charge on any atom is 0.307 e. The number of nitrogens with one attached hydrogen (secondary N) is 1.